The molecule has 0 aromatic heterocycles. The molecule has 0 heterocycles. The van der Waals surface area contributed by atoms with E-state index in [4.69, 9.17) is 9.47 Å². The third-order valence-electron chi connectivity index (χ3n) is 2.89. The van der Waals surface area contributed by atoms with E-state index in [1.165, 1.54) is 11.1 Å². The van der Waals surface area contributed by atoms with Crippen LogP contribution in [0.5, 0.6) is 11.5 Å². The molecule has 2 heteroatoms. The van der Waals surface area contributed by atoms with Gasteiger partial charge in [0.1, 0.15) is 11.5 Å². The van der Waals surface area contributed by atoms with E-state index < -0.39 is 0 Å². The van der Waals surface area contributed by atoms with Crippen LogP contribution in [-0.4, -0.2) is 13.2 Å². The van der Waals surface area contributed by atoms with Crippen LogP contribution in [0, 0.1) is 6.92 Å². The van der Waals surface area contributed by atoms with Gasteiger partial charge in [0.2, 0.25) is 0 Å². The average Bonchev–Trinajstić information content (AvgIpc) is 2.40. The lowest BCUT2D eigenvalue weighted by atomic mass is 10.0. The molecule has 0 spiro atoms. The van der Waals surface area contributed by atoms with E-state index in [2.05, 4.69) is 43.3 Å². The first kappa shape index (κ1) is 13.5. The summed E-state index contributed by atoms with van der Waals surface area (Å²) in [7, 11) is 0. The molecule has 2 aromatic rings. The van der Waals surface area contributed by atoms with Gasteiger partial charge in [-0.05, 0) is 44.0 Å². The largest absolute Gasteiger partial charge is 0.494 e. The topological polar surface area (TPSA) is 18.5 Å². The Hall–Kier alpha value is -1.96. The van der Waals surface area contributed by atoms with Crippen LogP contribution in [0.2, 0.25) is 0 Å². The molecule has 0 atom stereocenters. The lowest BCUT2D eigenvalue weighted by Gasteiger charge is -2.11. The average molecular weight is 256 g/mol. The molecule has 0 saturated heterocycles. The summed E-state index contributed by atoms with van der Waals surface area (Å²) in [6, 6.07) is 14.5. The summed E-state index contributed by atoms with van der Waals surface area (Å²) < 4.78 is 11.2. The second-order valence-corrected chi connectivity index (χ2v) is 4.43. The highest BCUT2D eigenvalue weighted by Crippen LogP contribution is 2.30. The predicted octanol–water partition coefficient (Wildman–Crippen LogP) is 4.46. The summed E-state index contributed by atoms with van der Waals surface area (Å²) in [6.45, 7) is 7.37. The minimum Gasteiger partial charge on any atom is -0.494 e. The molecule has 2 aromatic carbocycles. The first-order valence-corrected chi connectivity index (χ1v) is 6.70. The molecule has 0 amide bonds. The molecule has 0 unspecified atom stereocenters. The van der Waals surface area contributed by atoms with E-state index in [0.29, 0.717) is 13.2 Å². The molecular formula is C17H20O2. The molecule has 0 N–H and O–H groups in total. The molecule has 0 radical (unpaired) electrons. The number of aryl methyl sites for hydroxylation is 1. The van der Waals surface area contributed by atoms with Crippen molar-refractivity contribution in [3.05, 3.63) is 48.0 Å². The van der Waals surface area contributed by atoms with Crippen LogP contribution in [0.4, 0.5) is 0 Å². The Morgan fingerprint density at radius 3 is 1.74 bits per heavy atom. The first-order chi connectivity index (χ1) is 9.22. The fourth-order valence-electron chi connectivity index (χ4n) is 1.98. The summed E-state index contributed by atoms with van der Waals surface area (Å²) in [5.74, 6) is 1.70. The zero-order chi connectivity index (χ0) is 13.7. The van der Waals surface area contributed by atoms with Crippen LogP contribution in [0.15, 0.2) is 42.5 Å². The molecule has 0 aliphatic rings. The quantitative estimate of drug-likeness (QED) is 0.786. The van der Waals surface area contributed by atoms with E-state index in [-0.39, 0.29) is 0 Å². The van der Waals surface area contributed by atoms with Crippen LogP contribution in [0.3, 0.4) is 0 Å². The van der Waals surface area contributed by atoms with Crippen molar-refractivity contribution in [1.29, 1.82) is 0 Å². The van der Waals surface area contributed by atoms with Gasteiger partial charge < -0.3 is 9.47 Å². The van der Waals surface area contributed by atoms with E-state index in [9.17, 15) is 0 Å². The van der Waals surface area contributed by atoms with Crippen molar-refractivity contribution in [3.8, 4) is 22.6 Å². The number of hydrogen-bond acceptors (Lipinski definition) is 2. The first-order valence-electron chi connectivity index (χ1n) is 6.70. The third kappa shape index (κ3) is 3.50. The molecule has 2 rings (SSSR count). The maximum absolute atomic E-state index is 5.60. The monoisotopic (exact) mass is 256 g/mol. The minimum absolute atomic E-state index is 0.656. The Kier molecular flexibility index (Phi) is 4.45. The summed E-state index contributed by atoms with van der Waals surface area (Å²) in [5.41, 5.74) is 3.55. The number of hydrogen-bond donors (Lipinski definition) is 0. The molecule has 0 fully saturated rings. The second-order valence-electron chi connectivity index (χ2n) is 4.43. The molecule has 0 saturated carbocycles. The van der Waals surface area contributed by atoms with Gasteiger partial charge >= 0.3 is 0 Å². The highest BCUT2D eigenvalue weighted by molar-refractivity contribution is 5.67. The minimum atomic E-state index is 0.656. The highest BCUT2D eigenvalue weighted by atomic mass is 16.5. The fraction of sp³-hybridized carbons (Fsp3) is 0.294. The van der Waals surface area contributed by atoms with Crippen molar-refractivity contribution in [1.82, 2.24) is 0 Å². The molecule has 100 valence electrons. The lowest BCUT2D eigenvalue weighted by molar-refractivity contribution is 0.323. The zero-order valence-corrected chi connectivity index (χ0v) is 11.8. The summed E-state index contributed by atoms with van der Waals surface area (Å²) in [5, 5.41) is 0. The SMILES string of the molecule is CCOc1cc(OCC)cc(-c2ccc(C)cc2)c1. The molecule has 0 bridgehead atoms. The van der Waals surface area contributed by atoms with Crippen LogP contribution >= 0.6 is 0 Å². The third-order valence-corrected chi connectivity index (χ3v) is 2.89. The van der Waals surface area contributed by atoms with E-state index in [1.807, 2.05) is 19.9 Å². The van der Waals surface area contributed by atoms with Gasteiger partial charge in [0.15, 0.2) is 0 Å². The number of benzene rings is 2. The summed E-state index contributed by atoms with van der Waals surface area (Å²) in [4.78, 5) is 0. The Labute approximate surface area is 115 Å². The van der Waals surface area contributed by atoms with Crippen molar-refractivity contribution in [2.75, 3.05) is 13.2 Å². The van der Waals surface area contributed by atoms with E-state index in [1.54, 1.807) is 0 Å². The fourth-order valence-corrected chi connectivity index (χ4v) is 1.98. The van der Waals surface area contributed by atoms with Crippen LogP contribution in [-0.2, 0) is 0 Å². The van der Waals surface area contributed by atoms with Gasteiger partial charge in [-0.15, -0.1) is 0 Å². The van der Waals surface area contributed by atoms with Gasteiger partial charge in [-0.1, -0.05) is 29.8 Å². The van der Waals surface area contributed by atoms with Crippen molar-refractivity contribution in [2.24, 2.45) is 0 Å². The lowest BCUT2D eigenvalue weighted by Crippen LogP contribution is -1.95. The number of rotatable bonds is 5. The van der Waals surface area contributed by atoms with Gasteiger partial charge in [-0.25, -0.2) is 0 Å². The maximum Gasteiger partial charge on any atom is 0.123 e. The van der Waals surface area contributed by atoms with Crippen molar-refractivity contribution in [3.63, 3.8) is 0 Å². The molecule has 0 aliphatic heterocycles. The summed E-state index contributed by atoms with van der Waals surface area (Å²) in [6.07, 6.45) is 0. The van der Waals surface area contributed by atoms with Crippen molar-refractivity contribution < 1.29 is 9.47 Å². The van der Waals surface area contributed by atoms with Gasteiger partial charge in [-0.3, -0.25) is 0 Å². The Balaban J connectivity index is 2.40. The molecule has 2 nitrogen and oxygen atoms in total. The van der Waals surface area contributed by atoms with Crippen molar-refractivity contribution in [2.45, 2.75) is 20.8 Å². The maximum atomic E-state index is 5.60. The standard InChI is InChI=1S/C17H20O2/c1-4-18-16-10-15(11-17(12-16)19-5-2)14-8-6-13(3)7-9-14/h6-12H,4-5H2,1-3H3. The Morgan fingerprint density at radius 1 is 0.737 bits per heavy atom. The summed E-state index contributed by atoms with van der Waals surface area (Å²) >= 11 is 0. The van der Waals surface area contributed by atoms with Crippen LogP contribution in [0.25, 0.3) is 11.1 Å². The van der Waals surface area contributed by atoms with Crippen molar-refractivity contribution >= 4 is 0 Å². The van der Waals surface area contributed by atoms with Gasteiger partial charge in [0, 0.05) is 6.07 Å². The Morgan fingerprint density at radius 2 is 1.26 bits per heavy atom. The zero-order valence-electron chi connectivity index (χ0n) is 11.8. The predicted molar refractivity (Wildman–Crippen MR) is 79.0 cm³/mol. The molecule has 19 heavy (non-hydrogen) atoms. The smallest absolute Gasteiger partial charge is 0.123 e. The highest BCUT2D eigenvalue weighted by Gasteiger charge is 2.05. The van der Waals surface area contributed by atoms with E-state index >= 15 is 0 Å². The second kappa shape index (κ2) is 6.28. The molecule has 0 aliphatic carbocycles. The molecular weight excluding hydrogens is 236 g/mol. The number of ether oxygens (including phenoxy) is 2. The van der Waals surface area contributed by atoms with Crippen LogP contribution in [0.1, 0.15) is 19.4 Å². The van der Waals surface area contributed by atoms with Gasteiger partial charge in [0.05, 0.1) is 13.2 Å². The van der Waals surface area contributed by atoms with E-state index in [0.717, 1.165) is 17.1 Å². The normalized spacial score (nSPS) is 10.3. The Bertz CT molecular complexity index is 505. The van der Waals surface area contributed by atoms with Crippen LogP contribution < -0.4 is 9.47 Å². The van der Waals surface area contributed by atoms with Gasteiger partial charge in [-0.2, -0.15) is 0 Å². The van der Waals surface area contributed by atoms with Gasteiger partial charge in [0.25, 0.3) is 0 Å².